The molecule has 2 aliphatic heterocycles. The van der Waals surface area contributed by atoms with E-state index in [4.69, 9.17) is 4.74 Å². The standard InChI is InChI=1S/C20H30N2O3/c1-15-5-3-4-6-17(15)20(8-11-25-12-9-20)14-21-19(24)22-10-7-16(2)18(23)13-22/h3-6,16,18,23H,7-14H2,1-2H3,(H,21,24). The number of likely N-dealkylation sites (tertiary alicyclic amines) is 1. The van der Waals surface area contributed by atoms with Crippen LogP contribution in [0.4, 0.5) is 4.79 Å². The molecule has 0 aromatic heterocycles. The van der Waals surface area contributed by atoms with Crippen LogP contribution in [0.5, 0.6) is 0 Å². The number of ether oxygens (including phenoxy) is 1. The Labute approximate surface area is 150 Å². The first-order valence-electron chi connectivity index (χ1n) is 9.36. The first-order chi connectivity index (χ1) is 12.0. The van der Waals surface area contributed by atoms with Crippen LogP contribution >= 0.6 is 0 Å². The molecule has 2 saturated heterocycles. The van der Waals surface area contributed by atoms with Gasteiger partial charge in [0.1, 0.15) is 0 Å². The van der Waals surface area contributed by atoms with E-state index in [-0.39, 0.29) is 17.4 Å². The molecule has 1 aromatic rings. The van der Waals surface area contributed by atoms with Gasteiger partial charge < -0.3 is 20.1 Å². The van der Waals surface area contributed by atoms with E-state index in [9.17, 15) is 9.90 Å². The third kappa shape index (κ3) is 3.98. The van der Waals surface area contributed by atoms with Gasteiger partial charge in [-0.2, -0.15) is 0 Å². The van der Waals surface area contributed by atoms with E-state index in [1.807, 2.05) is 6.92 Å². The van der Waals surface area contributed by atoms with E-state index < -0.39 is 6.10 Å². The molecule has 0 radical (unpaired) electrons. The Kier molecular flexibility index (Phi) is 5.64. The van der Waals surface area contributed by atoms with Gasteiger partial charge >= 0.3 is 6.03 Å². The van der Waals surface area contributed by atoms with Crippen LogP contribution in [-0.2, 0) is 10.2 Å². The lowest BCUT2D eigenvalue weighted by Crippen LogP contribution is -2.53. The number of aliphatic hydroxyl groups is 1. The summed E-state index contributed by atoms with van der Waals surface area (Å²) in [6.45, 7) is 7.38. The van der Waals surface area contributed by atoms with Crippen molar-refractivity contribution in [3.05, 3.63) is 35.4 Å². The van der Waals surface area contributed by atoms with Gasteiger partial charge in [-0.15, -0.1) is 0 Å². The number of urea groups is 1. The van der Waals surface area contributed by atoms with Crippen molar-refractivity contribution in [3.63, 3.8) is 0 Å². The number of amides is 2. The van der Waals surface area contributed by atoms with Crippen molar-refractivity contribution < 1.29 is 14.6 Å². The number of β-amino-alcohol motifs (C(OH)–C–C–N with tert-alkyl or cyclic N) is 1. The zero-order chi connectivity index (χ0) is 17.9. The minimum Gasteiger partial charge on any atom is -0.391 e. The Morgan fingerprint density at radius 1 is 1.36 bits per heavy atom. The molecule has 1 aromatic carbocycles. The number of hydrogen-bond acceptors (Lipinski definition) is 3. The molecule has 0 spiro atoms. The molecule has 0 saturated carbocycles. The largest absolute Gasteiger partial charge is 0.391 e. The van der Waals surface area contributed by atoms with Crippen LogP contribution in [0.15, 0.2) is 24.3 Å². The number of carbonyl (C=O) groups is 1. The molecule has 5 nitrogen and oxygen atoms in total. The summed E-state index contributed by atoms with van der Waals surface area (Å²) >= 11 is 0. The van der Waals surface area contributed by atoms with Gasteiger partial charge in [-0.25, -0.2) is 4.79 Å². The molecule has 2 N–H and O–H groups in total. The lowest BCUT2D eigenvalue weighted by Gasteiger charge is -2.40. The third-order valence-electron chi connectivity index (χ3n) is 5.95. The first-order valence-corrected chi connectivity index (χ1v) is 9.36. The van der Waals surface area contributed by atoms with Gasteiger partial charge in [0.05, 0.1) is 6.10 Å². The number of rotatable bonds is 3. The number of benzene rings is 1. The number of aryl methyl sites for hydroxylation is 1. The van der Waals surface area contributed by atoms with E-state index in [0.29, 0.717) is 19.6 Å². The van der Waals surface area contributed by atoms with Crippen molar-refractivity contribution in [2.24, 2.45) is 5.92 Å². The van der Waals surface area contributed by atoms with Crippen molar-refractivity contribution in [2.45, 2.75) is 44.6 Å². The van der Waals surface area contributed by atoms with E-state index in [1.54, 1.807) is 4.90 Å². The van der Waals surface area contributed by atoms with Crippen LogP contribution in [0.2, 0.25) is 0 Å². The Hall–Kier alpha value is -1.59. The molecule has 2 amide bonds. The Morgan fingerprint density at radius 2 is 2.08 bits per heavy atom. The van der Waals surface area contributed by atoms with Gasteiger partial charge in [0, 0.05) is 38.3 Å². The average molecular weight is 346 g/mol. The Morgan fingerprint density at radius 3 is 2.76 bits per heavy atom. The Bertz CT molecular complexity index is 598. The van der Waals surface area contributed by atoms with Crippen LogP contribution in [0.1, 0.15) is 37.3 Å². The predicted octanol–water partition coefficient (Wildman–Crippen LogP) is 2.46. The third-order valence-corrected chi connectivity index (χ3v) is 5.95. The van der Waals surface area contributed by atoms with Crippen LogP contribution in [0.25, 0.3) is 0 Å². The number of hydrogen-bond donors (Lipinski definition) is 2. The zero-order valence-electron chi connectivity index (χ0n) is 15.3. The van der Waals surface area contributed by atoms with Gasteiger partial charge in [-0.05, 0) is 43.2 Å². The smallest absolute Gasteiger partial charge is 0.317 e. The molecule has 2 atom stereocenters. The van der Waals surface area contributed by atoms with Crippen molar-refractivity contribution in [1.29, 1.82) is 0 Å². The fraction of sp³-hybridized carbons (Fsp3) is 0.650. The summed E-state index contributed by atoms with van der Waals surface area (Å²) in [5.74, 6) is 0.262. The summed E-state index contributed by atoms with van der Waals surface area (Å²) < 4.78 is 5.58. The molecule has 2 fully saturated rings. The highest BCUT2D eigenvalue weighted by Gasteiger charge is 2.36. The monoisotopic (exact) mass is 346 g/mol. The molecule has 25 heavy (non-hydrogen) atoms. The summed E-state index contributed by atoms with van der Waals surface area (Å²) in [5, 5.41) is 13.2. The number of nitrogens with zero attached hydrogens (tertiary/aromatic N) is 1. The summed E-state index contributed by atoms with van der Waals surface area (Å²) in [5.41, 5.74) is 2.51. The Balaban J connectivity index is 1.69. The molecule has 3 rings (SSSR count). The summed E-state index contributed by atoms with van der Waals surface area (Å²) in [7, 11) is 0. The maximum atomic E-state index is 12.6. The summed E-state index contributed by atoms with van der Waals surface area (Å²) in [4.78, 5) is 14.4. The van der Waals surface area contributed by atoms with E-state index in [0.717, 1.165) is 32.5 Å². The highest BCUT2D eigenvalue weighted by Crippen LogP contribution is 2.36. The SMILES string of the molecule is Cc1ccccc1C1(CNC(=O)N2CCC(C)C(O)C2)CCOCC1. The molecular weight excluding hydrogens is 316 g/mol. The molecule has 0 aliphatic carbocycles. The van der Waals surface area contributed by atoms with Crippen LogP contribution in [0.3, 0.4) is 0 Å². The molecular formula is C20H30N2O3. The first kappa shape index (κ1) is 18.2. The van der Waals surface area contributed by atoms with Gasteiger partial charge in [0.2, 0.25) is 0 Å². The van der Waals surface area contributed by atoms with Gasteiger partial charge in [0.15, 0.2) is 0 Å². The molecule has 5 heteroatoms. The van der Waals surface area contributed by atoms with Crippen LogP contribution in [0, 0.1) is 12.8 Å². The number of aliphatic hydroxyl groups excluding tert-OH is 1. The predicted molar refractivity (Wildman–Crippen MR) is 97.7 cm³/mol. The summed E-state index contributed by atoms with van der Waals surface area (Å²) in [6, 6.07) is 8.38. The molecule has 2 heterocycles. The molecule has 2 aliphatic rings. The van der Waals surface area contributed by atoms with Crippen molar-refractivity contribution in [2.75, 3.05) is 32.8 Å². The van der Waals surface area contributed by atoms with Crippen molar-refractivity contribution >= 4 is 6.03 Å². The van der Waals surface area contributed by atoms with Gasteiger partial charge in [-0.3, -0.25) is 0 Å². The number of piperidine rings is 1. The van der Waals surface area contributed by atoms with Gasteiger partial charge in [-0.1, -0.05) is 31.2 Å². The van der Waals surface area contributed by atoms with E-state index in [1.165, 1.54) is 11.1 Å². The maximum Gasteiger partial charge on any atom is 0.317 e. The second kappa shape index (κ2) is 7.75. The quantitative estimate of drug-likeness (QED) is 0.884. The second-order valence-electron chi connectivity index (χ2n) is 7.65. The van der Waals surface area contributed by atoms with E-state index in [2.05, 4.69) is 36.5 Å². The molecule has 2 unspecified atom stereocenters. The van der Waals surface area contributed by atoms with Gasteiger partial charge in [0.25, 0.3) is 0 Å². The lowest BCUT2D eigenvalue weighted by atomic mass is 9.72. The highest BCUT2D eigenvalue weighted by molar-refractivity contribution is 5.74. The number of nitrogens with one attached hydrogen (secondary N) is 1. The maximum absolute atomic E-state index is 12.6. The minimum atomic E-state index is -0.423. The molecule has 138 valence electrons. The fourth-order valence-corrected chi connectivity index (χ4v) is 4.06. The van der Waals surface area contributed by atoms with E-state index >= 15 is 0 Å². The highest BCUT2D eigenvalue weighted by atomic mass is 16.5. The average Bonchev–Trinajstić information content (AvgIpc) is 2.63. The number of carbonyl (C=O) groups excluding carboxylic acids is 1. The topological polar surface area (TPSA) is 61.8 Å². The zero-order valence-corrected chi connectivity index (χ0v) is 15.3. The van der Waals surface area contributed by atoms with Crippen LogP contribution in [-0.4, -0.2) is 55.0 Å². The fourth-order valence-electron chi connectivity index (χ4n) is 4.06. The normalized spacial score (nSPS) is 26.3. The van der Waals surface area contributed by atoms with Crippen molar-refractivity contribution in [3.8, 4) is 0 Å². The lowest BCUT2D eigenvalue weighted by molar-refractivity contribution is 0.0388. The minimum absolute atomic E-state index is 0.0644. The van der Waals surface area contributed by atoms with Crippen molar-refractivity contribution in [1.82, 2.24) is 10.2 Å². The molecule has 0 bridgehead atoms. The summed E-state index contributed by atoms with van der Waals surface area (Å²) in [6.07, 6.45) is 2.26. The van der Waals surface area contributed by atoms with Crippen LogP contribution < -0.4 is 5.32 Å². The second-order valence-corrected chi connectivity index (χ2v) is 7.65.